The first kappa shape index (κ1) is 52.2. The van der Waals surface area contributed by atoms with E-state index in [9.17, 15) is 23.8 Å². The van der Waals surface area contributed by atoms with Crippen LogP contribution in [0.1, 0.15) is 155 Å². The molecule has 4 N–H and O–H groups in total. The van der Waals surface area contributed by atoms with Crippen molar-refractivity contribution in [3.05, 3.63) is 60.8 Å². The number of esters is 2. The number of carboxylic acid groups (broad SMARTS) is 1. The zero-order valence-corrected chi connectivity index (χ0v) is 35.7. The summed E-state index contributed by atoms with van der Waals surface area (Å²) in [6.45, 7) is 2.59. The predicted molar refractivity (Wildman–Crippen MR) is 225 cm³/mol. The van der Waals surface area contributed by atoms with Gasteiger partial charge in [-0.2, -0.15) is 0 Å². The van der Waals surface area contributed by atoms with E-state index < -0.39 is 51.1 Å². The van der Waals surface area contributed by atoms with Crippen LogP contribution < -0.4 is 5.73 Å². The molecular formula is C44H74NO11P. The summed E-state index contributed by atoms with van der Waals surface area (Å²) < 4.78 is 38.2. The average molecular weight is 824 g/mol. The molecule has 0 spiro atoms. The molecule has 5 atom stereocenters. The van der Waals surface area contributed by atoms with Gasteiger partial charge in [-0.25, -0.2) is 4.57 Å². The van der Waals surface area contributed by atoms with Crippen LogP contribution >= 0.6 is 7.82 Å². The Kier molecular flexibility index (Phi) is 32.1. The lowest BCUT2D eigenvalue weighted by atomic mass is 10.0. The van der Waals surface area contributed by atoms with E-state index in [4.69, 9.17) is 29.6 Å². The van der Waals surface area contributed by atoms with Gasteiger partial charge in [0.15, 0.2) is 6.10 Å². The fraction of sp³-hybridized carbons (Fsp3) is 0.705. The van der Waals surface area contributed by atoms with E-state index in [1.807, 2.05) is 12.2 Å². The number of unbranched alkanes of at least 4 members (excludes halogenated alkanes) is 12. The Hall–Kier alpha value is -2.86. The van der Waals surface area contributed by atoms with Crippen molar-refractivity contribution in [2.45, 2.75) is 179 Å². The van der Waals surface area contributed by atoms with Crippen molar-refractivity contribution in [2.24, 2.45) is 5.73 Å². The van der Waals surface area contributed by atoms with Crippen LogP contribution in [-0.2, 0) is 42.2 Å². The highest BCUT2D eigenvalue weighted by Crippen LogP contribution is 2.43. The third-order valence-electron chi connectivity index (χ3n) is 9.20. The van der Waals surface area contributed by atoms with E-state index in [0.29, 0.717) is 25.0 Å². The minimum atomic E-state index is -4.73. The van der Waals surface area contributed by atoms with Gasteiger partial charge < -0.3 is 29.9 Å². The van der Waals surface area contributed by atoms with Crippen LogP contribution in [0, 0.1) is 0 Å². The lowest BCUT2D eigenvalue weighted by Gasteiger charge is -2.20. The number of carboxylic acids is 1. The van der Waals surface area contributed by atoms with Crippen molar-refractivity contribution in [3.8, 4) is 0 Å². The summed E-state index contributed by atoms with van der Waals surface area (Å²) in [6.07, 6.45) is 42.0. The Morgan fingerprint density at radius 1 is 0.649 bits per heavy atom. The van der Waals surface area contributed by atoms with E-state index >= 15 is 0 Å². The maximum Gasteiger partial charge on any atom is 0.472 e. The van der Waals surface area contributed by atoms with Crippen LogP contribution in [0.4, 0.5) is 0 Å². The summed E-state index contributed by atoms with van der Waals surface area (Å²) in [5, 5.41) is 8.88. The molecule has 1 aliphatic rings. The minimum Gasteiger partial charge on any atom is -0.480 e. The molecule has 1 rings (SSSR count). The average Bonchev–Trinajstić information content (AvgIpc) is 3.94. The second-order valence-electron chi connectivity index (χ2n) is 14.5. The van der Waals surface area contributed by atoms with Crippen molar-refractivity contribution in [2.75, 3.05) is 19.8 Å². The van der Waals surface area contributed by atoms with Gasteiger partial charge in [0, 0.05) is 12.8 Å². The third-order valence-corrected chi connectivity index (χ3v) is 10.1. The van der Waals surface area contributed by atoms with Gasteiger partial charge in [0.1, 0.15) is 12.6 Å². The number of epoxide rings is 1. The number of carbonyl (C=O) groups is 3. The number of rotatable bonds is 38. The van der Waals surface area contributed by atoms with Crippen LogP contribution in [0.25, 0.3) is 0 Å². The molecule has 13 heteroatoms. The minimum absolute atomic E-state index is 0.0923. The van der Waals surface area contributed by atoms with Crippen molar-refractivity contribution in [3.63, 3.8) is 0 Å². The fourth-order valence-corrected chi connectivity index (χ4v) is 6.50. The highest BCUT2D eigenvalue weighted by Gasteiger charge is 2.36. The summed E-state index contributed by atoms with van der Waals surface area (Å²) in [5.41, 5.74) is 5.32. The van der Waals surface area contributed by atoms with Gasteiger partial charge in [-0.15, -0.1) is 0 Å². The fourth-order valence-electron chi connectivity index (χ4n) is 5.72. The Morgan fingerprint density at radius 2 is 1.14 bits per heavy atom. The summed E-state index contributed by atoms with van der Waals surface area (Å²) in [6, 6.07) is -1.53. The van der Waals surface area contributed by atoms with Gasteiger partial charge >= 0.3 is 25.7 Å². The number of carbonyl (C=O) groups excluding carboxylic acids is 2. The van der Waals surface area contributed by atoms with Crippen LogP contribution in [-0.4, -0.2) is 72.1 Å². The molecular weight excluding hydrogens is 749 g/mol. The first-order valence-electron chi connectivity index (χ1n) is 21.4. The number of phosphoric acid groups is 1. The monoisotopic (exact) mass is 823 g/mol. The van der Waals surface area contributed by atoms with Gasteiger partial charge in [0.05, 0.1) is 25.4 Å². The zero-order chi connectivity index (χ0) is 41.8. The van der Waals surface area contributed by atoms with Gasteiger partial charge in [0.25, 0.3) is 0 Å². The predicted octanol–water partition coefficient (Wildman–Crippen LogP) is 10.2. The largest absolute Gasteiger partial charge is 0.480 e. The van der Waals surface area contributed by atoms with Crippen LogP contribution in [0.15, 0.2) is 60.8 Å². The number of hydrogen-bond acceptors (Lipinski definition) is 10. The standard InChI is InChI=1S/C44H74NO11P/c1-3-5-7-8-9-10-11-12-17-20-23-26-30-34-43(47)55-38(36-53-57(50,51)54-37-39(45)44(48)49)35-52-42(46)33-29-25-22-19-16-14-13-15-18-21-24-28-32-41-40(56-41)31-27-6-4-2/h6,14-16,18,22,24-25,27-28,38-41H,3-5,7-13,17,19-21,23,26,29-37,45H2,1-2H3,(H,48,49)(H,50,51)/b16-14-,18-15-,25-22-,27-6-,28-24-/t38-,39+,40?,41?/m1/s1. The molecule has 0 aromatic carbocycles. The Morgan fingerprint density at radius 3 is 1.68 bits per heavy atom. The molecule has 0 aromatic heterocycles. The smallest absolute Gasteiger partial charge is 0.472 e. The van der Waals surface area contributed by atoms with Gasteiger partial charge in [-0.1, -0.05) is 152 Å². The number of nitrogens with two attached hydrogens (primary N) is 1. The van der Waals surface area contributed by atoms with E-state index in [0.717, 1.165) is 57.8 Å². The second kappa shape index (κ2) is 35.1. The Bertz CT molecular complexity index is 1260. The highest BCUT2D eigenvalue weighted by atomic mass is 31.2. The van der Waals surface area contributed by atoms with E-state index in [-0.39, 0.29) is 19.4 Å². The van der Waals surface area contributed by atoms with E-state index in [2.05, 4.69) is 67.0 Å². The SMILES string of the molecule is CC/C=C\CC1OC1C/C=C\C/C=C\C/C=C\C/C=C\CCC(=O)OC[C@H](COP(=O)(O)OC[C@H](N)C(=O)O)OC(=O)CCCCCCCCCCCCCCC. The Balaban J connectivity index is 2.33. The molecule has 12 nitrogen and oxygen atoms in total. The van der Waals surface area contributed by atoms with Crippen molar-refractivity contribution < 1.29 is 52.2 Å². The first-order chi connectivity index (χ1) is 27.6. The number of ether oxygens (including phenoxy) is 3. The quantitative estimate of drug-likeness (QED) is 0.0176. The zero-order valence-electron chi connectivity index (χ0n) is 34.9. The van der Waals surface area contributed by atoms with Crippen molar-refractivity contribution in [1.82, 2.24) is 0 Å². The molecule has 1 saturated heterocycles. The van der Waals surface area contributed by atoms with E-state index in [1.165, 1.54) is 57.8 Å². The summed E-state index contributed by atoms with van der Waals surface area (Å²) >= 11 is 0. The molecule has 3 unspecified atom stereocenters. The van der Waals surface area contributed by atoms with Gasteiger partial charge in [0.2, 0.25) is 0 Å². The lowest BCUT2D eigenvalue weighted by molar-refractivity contribution is -0.161. The topological polar surface area (TPSA) is 184 Å². The third kappa shape index (κ3) is 32.8. The van der Waals surface area contributed by atoms with Crippen LogP contribution in [0.5, 0.6) is 0 Å². The molecule has 0 amide bonds. The summed E-state index contributed by atoms with van der Waals surface area (Å²) in [7, 11) is -4.73. The maximum absolute atomic E-state index is 12.6. The van der Waals surface area contributed by atoms with Crippen molar-refractivity contribution >= 4 is 25.7 Å². The number of aliphatic carboxylic acids is 1. The summed E-state index contributed by atoms with van der Waals surface area (Å²) in [5.74, 6) is -2.49. The molecule has 1 aliphatic heterocycles. The molecule has 326 valence electrons. The second-order valence-corrected chi connectivity index (χ2v) is 15.9. The van der Waals surface area contributed by atoms with Crippen LogP contribution in [0.2, 0.25) is 0 Å². The van der Waals surface area contributed by atoms with Gasteiger partial charge in [-0.3, -0.25) is 23.4 Å². The van der Waals surface area contributed by atoms with Gasteiger partial charge in [-0.05, 0) is 51.4 Å². The summed E-state index contributed by atoms with van der Waals surface area (Å²) in [4.78, 5) is 45.9. The van der Waals surface area contributed by atoms with Crippen LogP contribution in [0.3, 0.4) is 0 Å². The molecule has 0 radical (unpaired) electrons. The maximum atomic E-state index is 12.6. The molecule has 0 saturated carbocycles. The molecule has 0 aliphatic carbocycles. The normalized spacial score (nSPS) is 17.9. The molecule has 0 aromatic rings. The molecule has 1 heterocycles. The number of hydrogen-bond donors (Lipinski definition) is 3. The first-order valence-corrected chi connectivity index (χ1v) is 22.9. The lowest BCUT2D eigenvalue weighted by Crippen LogP contribution is -2.34. The number of allylic oxidation sites excluding steroid dienone is 8. The van der Waals surface area contributed by atoms with E-state index in [1.54, 1.807) is 0 Å². The molecule has 1 fully saturated rings. The highest BCUT2D eigenvalue weighted by molar-refractivity contribution is 7.47. The number of phosphoric ester groups is 1. The Labute approximate surface area is 343 Å². The molecule has 0 bridgehead atoms. The van der Waals surface area contributed by atoms with Crippen molar-refractivity contribution in [1.29, 1.82) is 0 Å². The molecule has 57 heavy (non-hydrogen) atoms.